The Kier molecular flexibility index (Phi) is 7.56. The Labute approximate surface area is 171 Å². The molecule has 1 N–H and O–H groups in total. The van der Waals surface area contributed by atoms with E-state index in [0.717, 1.165) is 28.2 Å². The summed E-state index contributed by atoms with van der Waals surface area (Å²) in [4.78, 5) is 15.9. The van der Waals surface area contributed by atoms with Gasteiger partial charge in [0.1, 0.15) is 5.75 Å². The van der Waals surface area contributed by atoms with Crippen LogP contribution in [0.15, 0.2) is 89.8 Å². The number of phenolic OH excluding ortho intramolecular Hbond substituents is 1. The van der Waals surface area contributed by atoms with Crippen molar-refractivity contribution < 1.29 is 9.90 Å². The van der Waals surface area contributed by atoms with E-state index in [9.17, 15) is 9.90 Å². The van der Waals surface area contributed by atoms with Gasteiger partial charge in [-0.1, -0.05) is 66.7 Å². The summed E-state index contributed by atoms with van der Waals surface area (Å²) in [6.07, 6.45) is 1.32. The first-order valence-electron chi connectivity index (χ1n) is 9.48. The molecule has 0 fully saturated rings. The third-order valence-electron chi connectivity index (χ3n) is 4.41. The summed E-state index contributed by atoms with van der Waals surface area (Å²) >= 11 is 1.67. The minimum absolute atomic E-state index is 0.171. The molecule has 0 aliphatic carbocycles. The fourth-order valence-electron chi connectivity index (χ4n) is 2.98. The summed E-state index contributed by atoms with van der Waals surface area (Å²) in [5, 5.41) is 9.54. The van der Waals surface area contributed by atoms with E-state index in [1.807, 2.05) is 53.4 Å². The largest absolute Gasteiger partial charge is 0.508 e. The van der Waals surface area contributed by atoms with E-state index in [-0.39, 0.29) is 11.7 Å². The van der Waals surface area contributed by atoms with Crippen LogP contribution in [0.3, 0.4) is 0 Å². The highest BCUT2D eigenvalue weighted by molar-refractivity contribution is 7.99. The highest BCUT2D eigenvalue weighted by atomic mass is 32.2. The summed E-state index contributed by atoms with van der Waals surface area (Å²) in [5.74, 6) is 1.29. The lowest BCUT2D eigenvalue weighted by atomic mass is 10.1. The van der Waals surface area contributed by atoms with Gasteiger partial charge in [0.15, 0.2) is 0 Å². The monoisotopic (exact) mass is 391 g/mol. The van der Waals surface area contributed by atoms with Gasteiger partial charge in [0, 0.05) is 24.4 Å². The summed E-state index contributed by atoms with van der Waals surface area (Å²) in [7, 11) is 0. The Bertz CT molecular complexity index is 827. The van der Waals surface area contributed by atoms with E-state index in [1.54, 1.807) is 23.9 Å². The SMILES string of the molecule is O=C(CCCSc1cccc(O)c1)N(Cc1ccccc1)Cc1ccccc1. The number of hydrogen-bond donors (Lipinski definition) is 1. The molecule has 3 aromatic carbocycles. The predicted molar refractivity (Wildman–Crippen MR) is 115 cm³/mol. The van der Waals surface area contributed by atoms with E-state index in [1.165, 1.54) is 0 Å². The lowest BCUT2D eigenvalue weighted by Gasteiger charge is -2.23. The zero-order chi connectivity index (χ0) is 19.6. The minimum atomic E-state index is 0.171. The maximum absolute atomic E-state index is 12.9. The van der Waals surface area contributed by atoms with Crippen molar-refractivity contribution in [3.63, 3.8) is 0 Å². The van der Waals surface area contributed by atoms with Gasteiger partial charge in [0.2, 0.25) is 5.91 Å². The van der Waals surface area contributed by atoms with Gasteiger partial charge in [0.25, 0.3) is 0 Å². The van der Waals surface area contributed by atoms with Crippen molar-refractivity contribution in [1.29, 1.82) is 0 Å². The van der Waals surface area contributed by atoms with Gasteiger partial charge in [-0.05, 0) is 41.5 Å². The minimum Gasteiger partial charge on any atom is -0.508 e. The average Bonchev–Trinajstić information content (AvgIpc) is 2.72. The lowest BCUT2D eigenvalue weighted by Crippen LogP contribution is -2.30. The molecule has 0 radical (unpaired) electrons. The number of carbonyl (C=O) groups excluding carboxylic acids is 1. The molecule has 3 aromatic rings. The molecule has 0 spiro atoms. The standard InChI is InChI=1S/C24H25NO2S/c26-22-13-7-14-23(17-22)28-16-8-15-24(27)25(18-20-9-3-1-4-10-20)19-21-11-5-2-6-12-21/h1-7,9-14,17,26H,8,15-16,18-19H2. The summed E-state index contributed by atoms with van der Waals surface area (Å²) in [6.45, 7) is 1.24. The van der Waals surface area contributed by atoms with Crippen LogP contribution in [0.5, 0.6) is 5.75 Å². The summed E-state index contributed by atoms with van der Waals surface area (Å²) in [5.41, 5.74) is 2.28. The van der Waals surface area contributed by atoms with Gasteiger partial charge in [-0.3, -0.25) is 4.79 Å². The highest BCUT2D eigenvalue weighted by Crippen LogP contribution is 2.23. The Morgan fingerprint density at radius 3 is 2.00 bits per heavy atom. The zero-order valence-electron chi connectivity index (χ0n) is 15.8. The van der Waals surface area contributed by atoms with Gasteiger partial charge in [-0.25, -0.2) is 0 Å². The summed E-state index contributed by atoms with van der Waals surface area (Å²) in [6, 6.07) is 27.5. The molecular formula is C24H25NO2S. The summed E-state index contributed by atoms with van der Waals surface area (Å²) < 4.78 is 0. The van der Waals surface area contributed by atoms with Crippen molar-refractivity contribution in [2.45, 2.75) is 30.8 Å². The molecule has 0 saturated heterocycles. The van der Waals surface area contributed by atoms with Crippen molar-refractivity contribution in [2.24, 2.45) is 0 Å². The number of hydrogen-bond acceptors (Lipinski definition) is 3. The molecule has 0 bridgehead atoms. The van der Waals surface area contributed by atoms with Crippen LogP contribution < -0.4 is 0 Å². The van der Waals surface area contributed by atoms with Gasteiger partial charge in [-0.15, -0.1) is 11.8 Å². The number of nitrogens with zero attached hydrogens (tertiary/aromatic N) is 1. The van der Waals surface area contributed by atoms with Crippen LogP contribution in [0.1, 0.15) is 24.0 Å². The number of benzene rings is 3. The van der Waals surface area contributed by atoms with Crippen LogP contribution in [0, 0.1) is 0 Å². The zero-order valence-corrected chi connectivity index (χ0v) is 16.6. The molecule has 3 rings (SSSR count). The van der Waals surface area contributed by atoms with Gasteiger partial charge >= 0.3 is 0 Å². The molecule has 3 nitrogen and oxygen atoms in total. The van der Waals surface area contributed by atoms with Crippen LogP contribution in [0.25, 0.3) is 0 Å². The number of carbonyl (C=O) groups is 1. The van der Waals surface area contributed by atoms with Crippen molar-refractivity contribution in [2.75, 3.05) is 5.75 Å². The van der Waals surface area contributed by atoms with Gasteiger partial charge in [0.05, 0.1) is 0 Å². The number of rotatable bonds is 9. The predicted octanol–water partition coefficient (Wildman–Crippen LogP) is 5.49. The molecule has 1 amide bonds. The van der Waals surface area contributed by atoms with Crippen LogP contribution in [0.4, 0.5) is 0 Å². The Balaban J connectivity index is 1.56. The Hall–Kier alpha value is -2.72. The maximum Gasteiger partial charge on any atom is 0.223 e. The molecule has 144 valence electrons. The fraction of sp³-hybridized carbons (Fsp3) is 0.208. The first kappa shape index (κ1) is 20.0. The van der Waals surface area contributed by atoms with Crippen molar-refractivity contribution >= 4 is 17.7 Å². The molecule has 0 heterocycles. The molecule has 0 atom stereocenters. The Morgan fingerprint density at radius 2 is 1.43 bits per heavy atom. The first-order chi connectivity index (χ1) is 13.7. The van der Waals surface area contributed by atoms with Crippen LogP contribution in [-0.2, 0) is 17.9 Å². The normalized spacial score (nSPS) is 10.6. The number of thioether (sulfide) groups is 1. The average molecular weight is 392 g/mol. The van der Waals surface area contributed by atoms with Crippen LogP contribution in [0.2, 0.25) is 0 Å². The van der Waals surface area contributed by atoms with E-state index in [0.29, 0.717) is 19.5 Å². The number of phenols is 1. The van der Waals surface area contributed by atoms with E-state index >= 15 is 0 Å². The second kappa shape index (κ2) is 10.6. The molecule has 0 aromatic heterocycles. The second-order valence-corrected chi connectivity index (χ2v) is 7.84. The smallest absolute Gasteiger partial charge is 0.223 e. The van der Waals surface area contributed by atoms with E-state index in [4.69, 9.17) is 0 Å². The topological polar surface area (TPSA) is 40.5 Å². The molecule has 0 aliphatic heterocycles. The molecule has 0 unspecified atom stereocenters. The number of aromatic hydroxyl groups is 1. The fourth-order valence-corrected chi connectivity index (χ4v) is 3.89. The van der Waals surface area contributed by atoms with Crippen molar-refractivity contribution in [3.05, 3.63) is 96.1 Å². The van der Waals surface area contributed by atoms with Crippen LogP contribution >= 0.6 is 11.8 Å². The lowest BCUT2D eigenvalue weighted by molar-refractivity contribution is -0.132. The van der Waals surface area contributed by atoms with Gasteiger partial charge in [-0.2, -0.15) is 0 Å². The number of amides is 1. The maximum atomic E-state index is 12.9. The van der Waals surface area contributed by atoms with E-state index in [2.05, 4.69) is 24.3 Å². The second-order valence-electron chi connectivity index (χ2n) is 6.67. The first-order valence-corrected chi connectivity index (χ1v) is 10.5. The van der Waals surface area contributed by atoms with Crippen LogP contribution in [-0.4, -0.2) is 21.7 Å². The highest BCUT2D eigenvalue weighted by Gasteiger charge is 2.14. The molecular weight excluding hydrogens is 366 g/mol. The quantitative estimate of drug-likeness (QED) is 0.387. The third kappa shape index (κ3) is 6.46. The molecule has 0 aliphatic rings. The van der Waals surface area contributed by atoms with Crippen molar-refractivity contribution in [1.82, 2.24) is 4.90 Å². The Morgan fingerprint density at radius 1 is 0.821 bits per heavy atom. The van der Waals surface area contributed by atoms with E-state index < -0.39 is 0 Å². The molecule has 4 heteroatoms. The van der Waals surface area contributed by atoms with Crippen molar-refractivity contribution in [3.8, 4) is 5.75 Å². The third-order valence-corrected chi connectivity index (χ3v) is 5.49. The molecule has 28 heavy (non-hydrogen) atoms. The van der Waals surface area contributed by atoms with Gasteiger partial charge < -0.3 is 10.0 Å². The molecule has 0 saturated carbocycles.